The maximum Gasteiger partial charge on any atom is 0.296 e. The van der Waals surface area contributed by atoms with Gasteiger partial charge in [-0.2, -0.15) is 20.2 Å². The average molecular weight is 500 g/mol. The Balaban J connectivity index is 0.00000172. The predicted molar refractivity (Wildman–Crippen MR) is 131 cm³/mol. The van der Waals surface area contributed by atoms with Crippen LogP contribution < -0.4 is 10.1 Å². The number of anilines is 1. The van der Waals surface area contributed by atoms with Crippen LogP contribution in [0.15, 0.2) is 53.4 Å². The normalized spacial score (nSPS) is 11.8. The summed E-state index contributed by atoms with van der Waals surface area (Å²) in [5, 5.41) is 12.3. The number of nitrogens with one attached hydrogen (secondary N) is 1. The third kappa shape index (κ3) is 12.1. The number of carbonyl (C=O) groups excluding carboxylic acids is 1. The first-order valence-electron chi connectivity index (χ1n) is 10.4. The molecule has 0 bridgehead atoms. The highest BCUT2D eigenvalue weighted by Crippen LogP contribution is 2.17. The number of aliphatic hydroxyl groups is 1. The summed E-state index contributed by atoms with van der Waals surface area (Å²) in [7, 11) is -3.90. The summed E-state index contributed by atoms with van der Waals surface area (Å²) in [6.07, 6.45) is 3.24. The van der Waals surface area contributed by atoms with E-state index >= 15 is 0 Å². The molecule has 8 nitrogen and oxygen atoms in total. The van der Waals surface area contributed by atoms with Gasteiger partial charge in [0.15, 0.2) is 0 Å². The van der Waals surface area contributed by atoms with E-state index in [0.717, 1.165) is 5.56 Å². The van der Waals surface area contributed by atoms with E-state index in [4.69, 9.17) is 13.7 Å². The Morgan fingerprint density at radius 2 is 1.67 bits per heavy atom. The van der Waals surface area contributed by atoms with Crippen LogP contribution in [0.25, 0.3) is 0 Å². The molecule has 0 heterocycles. The summed E-state index contributed by atoms with van der Waals surface area (Å²) in [5.41, 5.74) is 1.47. The first kappa shape index (κ1) is 28.9. The summed E-state index contributed by atoms with van der Waals surface area (Å²) in [4.78, 5) is 12.1. The topological polar surface area (TPSA) is 111 Å². The van der Waals surface area contributed by atoms with Gasteiger partial charge in [-0.05, 0) is 62.8 Å². The Kier molecular flexibility index (Phi) is 13.7. The zero-order chi connectivity index (χ0) is 24.7. The average Bonchev–Trinajstić information content (AvgIpc) is 2.78. The van der Waals surface area contributed by atoms with Crippen molar-refractivity contribution >= 4 is 33.5 Å². The number of hydrogen-bond acceptors (Lipinski definition) is 8. The molecule has 2 aromatic rings. The molecule has 2 aromatic carbocycles. The molecule has 0 fully saturated rings. The number of benzene rings is 2. The van der Waals surface area contributed by atoms with Crippen molar-refractivity contribution in [3.8, 4) is 5.75 Å². The highest BCUT2D eigenvalue weighted by molar-refractivity contribution is 7.97. The molecule has 1 amide bonds. The summed E-state index contributed by atoms with van der Waals surface area (Å²) < 4.78 is 39.7. The number of amides is 1. The lowest BCUT2D eigenvalue weighted by Gasteiger charge is -2.12. The predicted octanol–water partition coefficient (Wildman–Crippen LogP) is 3.48. The van der Waals surface area contributed by atoms with E-state index in [2.05, 4.69) is 5.32 Å². The lowest BCUT2D eigenvalue weighted by molar-refractivity contribution is -0.116. The summed E-state index contributed by atoms with van der Waals surface area (Å²) in [5.74, 6) is 0.158. The SMILES string of the molecule is CCOCC(O)COc1ccc(NC(=O)CCOS(=O)(=O)c2ccc(C)cc2)cc1.CSC. The number of hydrogen-bond donors (Lipinski definition) is 2. The first-order chi connectivity index (χ1) is 15.7. The van der Waals surface area contributed by atoms with Crippen LogP contribution in [0.4, 0.5) is 5.69 Å². The van der Waals surface area contributed by atoms with Crippen molar-refractivity contribution in [1.29, 1.82) is 0 Å². The Morgan fingerprint density at radius 1 is 1.06 bits per heavy atom. The van der Waals surface area contributed by atoms with Crippen LogP contribution in [0.2, 0.25) is 0 Å². The molecule has 2 N–H and O–H groups in total. The molecule has 0 aliphatic rings. The highest BCUT2D eigenvalue weighted by Gasteiger charge is 2.15. The van der Waals surface area contributed by atoms with Gasteiger partial charge in [-0.25, -0.2) is 0 Å². The maximum atomic E-state index is 12.1. The minimum absolute atomic E-state index is 0.0514. The number of aliphatic hydroxyl groups excluding tert-OH is 1. The van der Waals surface area contributed by atoms with Crippen LogP contribution >= 0.6 is 11.8 Å². The van der Waals surface area contributed by atoms with Gasteiger partial charge < -0.3 is 19.9 Å². The standard InChI is InChI=1S/C21H27NO7S.C2H6S/c1-3-27-14-18(23)15-28-19-8-6-17(7-9-19)22-21(24)12-13-29-30(25,26)20-10-4-16(2)5-11-20;1-3-2/h4-11,18,23H,3,12-15H2,1-2H3,(H,22,24);1-2H3. The largest absolute Gasteiger partial charge is 0.491 e. The third-order valence-corrected chi connectivity index (χ3v) is 5.30. The maximum absolute atomic E-state index is 12.1. The molecule has 0 aliphatic heterocycles. The van der Waals surface area contributed by atoms with Crippen LogP contribution in [0.1, 0.15) is 18.9 Å². The Morgan fingerprint density at radius 3 is 2.24 bits per heavy atom. The van der Waals surface area contributed by atoms with Crippen molar-refractivity contribution in [2.24, 2.45) is 0 Å². The molecule has 33 heavy (non-hydrogen) atoms. The van der Waals surface area contributed by atoms with Crippen LogP contribution in [0, 0.1) is 6.92 Å². The van der Waals surface area contributed by atoms with Crippen molar-refractivity contribution in [2.45, 2.75) is 31.3 Å². The monoisotopic (exact) mass is 499 g/mol. The second-order valence-corrected chi connectivity index (χ2v) is 9.38. The van der Waals surface area contributed by atoms with Crippen LogP contribution in [0.5, 0.6) is 5.75 Å². The zero-order valence-corrected chi connectivity index (χ0v) is 21.1. The van der Waals surface area contributed by atoms with Gasteiger partial charge in [-0.1, -0.05) is 17.7 Å². The van der Waals surface area contributed by atoms with Gasteiger partial charge in [-0.15, -0.1) is 0 Å². The van der Waals surface area contributed by atoms with Gasteiger partial charge in [0.05, 0.1) is 24.5 Å². The van der Waals surface area contributed by atoms with E-state index in [9.17, 15) is 18.3 Å². The molecule has 0 radical (unpaired) electrons. The lowest BCUT2D eigenvalue weighted by atomic mass is 10.2. The molecule has 0 aliphatic carbocycles. The molecule has 0 aromatic heterocycles. The second kappa shape index (κ2) is 15.7. The van der Waals surface area contributed by atoms with Gasteiger partial charge in [0.1, 0.15) is 18.5 Å². The van der Waals surface area contributed by atoms with Crippen molar-refractivity contribution in [3.63, 3.8) is 0 Å². The highest BCUT2D eigenvalue weighted by atomic mass is 32.2. The summed E-state index contributed by atoms with van der Waals surface area (Å²) in [6, 6.07) is 12.9. The molecule has 0 saturated heterocycles. The number of aryl methyl sites for hydroxylation is 1. The lowest BCUT2D eigenvalue weighted by Crippen LogP contribution is -2.23. The van der Waals surface area contributed by atoms with E-state index in [1.165, 1.54) is 12.1 Å². The molecule has 184 valence electrons. The van der Waals surface area contributed by atoms with Gasteiger partial charge in [0, 0.05) is 12.3 Å². The fourth-order valence-corrected chi connectivity index (χ4v) is 3.28. The van der Waals surface area contributed by atoms with Crippen LogP contribution in [-0.4, -0.2) is 64.5 Å². The number of thioether (sulfide) groups is 1. The van der Waals surface area contributed by atoms with Crippen molar-refractivity contribution in [3.05, 3.63) is 54.1 Å². The van der Waals surface area contributed by atoms with Crippen LogP contribution in [0.3, 0.4) is 0 Å². The zero-order valence-electron chi connectivity index (χ0n) is 19.4. The van der Waals surface area contributed by atoms with Crippen molar-refractivity contribution in [1.82, 2.24) is 0 Å². The van der Waals surface area contributed by atoms with Crippen LogP contribution in [-0.2, 0) is 23.8 Å². The fraction of sp³-hybridized carbons (Fsp3) is 0.435. The smallest absolute Gasteiger partial charge is 0.296 e. The first-order valence-corrected chi connectivity index (χ1v) is 13.4. The van der Waals surface area contributed by atoms with Gasteiger partial charge in [0.25, 0.3) is 10.1 Å². The molecule has 1 unspecified atom stereocenters. The molecule has 10 heteroatoms. The Hall–Kier alpha value is -2.11. The quantitative estimate of drug-likeness (QED) is 0.427. The van der Waals surface area contributed by atoms with Crippen molar-refractivity contribution < 1.29 is 32.0 Å². The van der Waals surface area contributed by atoms with E-state index in [-0.39, 0.29) is 37.0 Å². The van der Waals surface area contributed by atoms with E-state index < -0.39 is 16.2 Å². The van der Waals surface area contributed by atoms with Gasteiger partial charge >= 0.3 is 0 Å². The van der Waals surface area contributed by atoms with Gasteiger partial charge in [-0.3, -0.25) is 8.98 Å². The minimum Gasteiger partial charge on any atom is -0.491 e. The number of carbonyl (C=O) groups is 1. The number of ether oxygens (including phenoxy) is 2. The van der Waals surface area contributed by atoms with E-state index in [0.29, 0.717) is 18.0 Å². The third-order valence-electron chi connectivity index (χ3n) is 3.97. The molecular formula is C23H33NO7S2. The fourth-order valence-electron chi connectivity index (χ4n) is 2.37. The molecule has 0 spiro atoms. The Bertz CT molecular complexity index is 917. The summed E-state index contributed by atoms with van der Waals surface area (Å²) in [6.45, 7) is 4.25. The Labute approximate surface area is 200 Å². The van der Waals surface area contributed by atoms with Gasteiger partial charge in [0.2, 0.25) is 5.91 Å². The molecule has 1 atom stereocenters. The van der Waals surface area contributed by atoms with Crippen molar-refractivity contribution in [2.75, 3.05) is 44.3 Å². The van der Waals surface area contributed by atoms with E-state index in [1.54, 1.807) is 48.2 Å². The second-order valence-electron chi connectivity index (χ2n) is 6.94. The van der Waals surface area contributed by atoms with E-state index in [1.807, 2.05) is 26.4 Å². The number of rotatable bonds is 12. The molecular weight excluding hydrogens is 466 g/mol. The molecule has 2 rings (SSSR count). The molecule has 0 saturated carbocycles. The minimum atomic E-state index is -3.90. The summed E-state index contributed by atoms with van der Waals surface area (Å²) >= 11 is 1.75.